The third-order valence-electron chi connectivity index (χ3n) is 3.97. The molecule has 0 saturated carbocycles. The van der Waals surface area contributed by atoms with Crippen LogP contribution in [-0.4, -0.2) is 7.05 Å². The number of fused-ring (bicyclic) bond motifs is 2. The Morgan fingerprint density at radius 1 is 1.04 bits per heavy atom. The summed E-state index contributed by atoms with van der Waals surface area (Å²) in [5.41, 5.74) is 5.32. The first-order valence-corrected chi connectivity index (χ1v) is 7.76. The smallest absolute Gasteiger partial charge is 0.246 e. The van der Waals surface area contributed by atoms with Gasteiger partial charge in [-0.2, -0.15) is 0 Å². The van der Waals surface area contributed by atoms with Gasteiger partial charge in [0.2, 0.25) is 5.88 Å². The van der Waals surface area contributed by atoms with E-state index < -0.39 is 0 Å². The molecule has 0 N–H and O–H groups in total. The van der Waals surface area contributed by atoms with Crippen LogP contribution in [0.15, 0.2) is 72.3 Å². The number of anilines is 1. The van der Waals surface area contributed by atoms with Gasteiger partial charge in [-0.1, -0.05) is 59.8 Å². The van der Waals surface area contributed by atoms with Crippen molar-refractivity contribution in [2.45, 2.75) is 0 Å². The van der Waals surface area contributed by atoms with Gasteiger partial charge in [-0.05, 0) is 40.6 Å². The number of hydrogen-bond acceptors (Lipinski definition) is 2. The molecule has 112 valence electrons. The zero-order chi connectivity index (χ0) is 15.8. The van der Waals surface area contributed by atoms with E-state index in [1.165, 1.54) is 10.8 Å². The molecule has 1 heterocycles. The molecule has 1 aliphatic heterocycles. The molecule has 0 atom stereocenters. The van der Waals surface area contributed by atoms with Gasteiger partial charge in [-0.15, -0.1) is 0 Å². The van der Waals surface area contributed by atoms with Crippen molar-refractivity contribution in [2.75, 3.05) is 11.9 Å². The summed E-state index contributed by atoms with van der Waals surface area (Å²) in [5, 5.41) is 3.10. The monoisotopic (exact) mass is 319 g/mol. The molecule has 1 aliphatic rings. The summed E-state index contributed by atoms with van der Waals surface area (Å²) in [4.78, 5) is 1.95. The van der Waals surface area contributed by atoms with Gasteiger partial charge in [0.25, 0.3) is 0 Å². The summed E-state index contributed by atoms with van der Waals surface area (Å²) in [7, 11) is 1.95. The Bertz CT molecular complexity index is 965. The Morgan fingerprint density at radius 3 is 2.78 bits per heavy atom. The molecule has 4 rings (SSSR count). The van der Waals surface area contributed by atoms with Crippen molar-refractivity contribution in [1.29, 1.82) is 0 Å². The van der Waals surface area contributed by atoms with Crippen LogP contribution in [0.1, 0.15) is 5.56 Å². The van der Waals surface area contributed by atoms with Crippen LogP contribution in [0.5, 0.6) is 5.75 Å². The molecule has 0 fully saturated rings. The average Bonchev–Trinajstić information content (AvgIpc) is 2.89. The molecule has 0 aromatic heterocycles. The fourth-order valence-electron chi connectivity index (χ4n) is 2.76. The van der Waals surface area contributed by atoms with Crippen molar-refractivity contribution in [3.05, 3.63) is 82.9 Å². The Labute approximate surface area is 139 Å². The summed E-state index contributed by atoms with van der Waals surface area (Å²) < 4.78 is 5.85. The number of rotatable bonds is 1. The average molecular weight is 320 g/mol. The summed E-state index contributed by atoms with van der Waals surface area (Å²) in [6.45, 7) is 0. The SMILES string of the molecule is CN1C(=C=Cc2cccc3ccccc23)Oc2ccc(Cl)cc21. The third-order valence-corrected chi connectivity index (χ3v) is 4.20. The molecule has 0 bridgehead atoms. The first kappa shape index (κ1) is 14.0. The van der Waals surface area contributed by atoms with E-state index in [-0.39, 0.29) is 0 Å². The highest BCUT2D eigenvalue weighted by Gasteiger charge is 2.22. The quantitative estimate of drug-likeness (QED) is 0.551. The predicted molar refractivity (Wildman–Crippen MR) is 95.9 cm³/mol. The second-order valence-electron chi connectivity index (χ2n) is 5.44. The molecule has 0 saturated heterocycles. The Balaban J connectivity index is 1.77. The maximum Gasteiger partial charge on any atom is 0.246 e. The lowest BCUT2D eigenvalue weighted by molar-refractivity contribution is 0.445. The van der Waals surface area contributed by atoms with E-state index in [0.717, 1.165) is 17.0 Å². The summed E-state index contributed by atoms with van der Waals surface area (Å²) in [6, 6.07) is 20.1. The van der Waals surface area contributed by atoms with Gasteiger partial charge < -0.3 is 9.64 Å². The van der Waals surface area contributed by atoms with Crippen LogP contribution < -0.4 is 9.64 Å². The maximum absolute atomic E-state index is 6.05. The fraction of sp³-hybridized carbons (Fsp3) is 0.0500. The van der Waals surface area contributed by atoms with E-state index in [9.17, 15) is 0 Å². The van der Waals surface area contributed by atoms with Crippen molar-refractivity contribution < 1.29 is 4.74 Å². The van der Waals surface area contributed by atoms with E-state index >= 15 is 0 Å². The summed E-state index contributed by atoms with van der Waals surface area (Å²) in [6.07, 6.45) is 1.96. The van der Waals surface area contributed by atoms with Crippen molar-refractivity contribution >= 4 is 34.1 Å². The molecular weight excluding hydrogens is 306 g/mol. The maximum atomic E-state index is 6.05. The van der Waals surface area contributed by atoms with E-state index in [1.54, 1.807) is 0 Å². The molecule has 0 radical (unpaired) electrons. The lowest BCUT2D eigenvalue weighted by Crippen LogP contribution is -2.12. The minimum atomic E-state index is 0.662. The van der Waals surface area contributed by atoms with Crippen LogP contribution in [0, 0.1) is 0 Å². The van der Waals surface area contributed by atoms with Gasteiger partial charge in [0.15, 0.2) is 5.75 Å². The van der Waals surface area contributed by atoms with Gasteiger partial charge in [0, 0.05) is 12.1 Å². The van der Waals surface area contributed by atoms with E-state index in [2.05, 4.69) is 30.0 Å². The van der Waals surface area contributed by atoms with Crippen LogP contribution in [0.25, 0.3) is 16.8 Å². The number of nitrogens with zero attached hydrogens (tertiary/aromatic N) is 1. The molecule has 3 aromatic carbocycles. The summed E-state index contributed by atoms with van der Waals surface area (Å²) in [5.74, 6) is 1.46. The Hall–Kier alpha value is -2.67. The number of benzene rings is 3. The van der Waals surface area contributed by atoms with Crippen LogP contribution in [0.2, 0.25) is 5.02 Å². The molecular formula is C20H14ClNO. The van der Waals surface area contributed by atoms with Crippen LogP contribution >= 0.6 is 11.6 Å². The highest BCUT2D eigenvalue weighted by atomic mass is 35.5. The zero-order valence-electron chi connectivity index (χ0n) is 12.6. The van der Waals surface area contributed by atoms with Crippen molar-refractivity contribution in [3.63, 3.8) is 0 Å². The Kier molecular flexibility index (Phi) is 3.34. The van der Waals surface area contributed by atoms with Crippen LogP contribution in [0.4, 0.5) is 5.69 Å². The van der Waals surface area contributed by atoms with Crippen LogP contribution in [-0.2, 0) is 0 Å². The van der Waals surface area contributed by atoms with E-state index in [1.807, 2.05) is 54.4 Å². The first-order chi connectivity index (χ1) is 11.2. The molecule has 23 heavy (non-hydrogen) atoms. The molecule has 3 aromatic rings. The van der Waals surface area contributed by atoms with Crippen molar-refractivity contribution in [3.8, 4) is 5.75 Å². The second kappa shape index (κ2) is 5.51. The van der Waals surface area contributed by atoms with Gasteiger partial charge in [0.1, 0.15) is 0 Å². The lowest BCUT2D eigenvalue weighted by Gasteiger charge is -2.08. The van der Waals surface area contributed by atoms with E-state index in [4.69, 9.17) is 16.3 Å². The molecule has 2 nitrogen and oxygen atoms in total. The van der Waals surface area contributed by atoms with Gasteiger partial charge in [0.05, 0.1) is 5.69 Å². The largest absolute Gasteiger partial charge is 0.432 e. The standard InChI is InChI=1S/C20H14ClNO/c1-22-18-13-16(21)10-11-19(18)23-20(22)12-9-15-7-4-6-14-5-2-3-8-17(14)15/h2-11,13H,1H3. The van der Waals surface area contributed by atoms with Gasteiger partial charge >= 0.3 is 0 Å². The summed E-state index contributed by atoms with van der Waals surface area (Å²) >= 11 is 6.05. The topological polar surface area (TPSA) is 12.5 Å². The third kappa shape index (κ3) is 2.49. The van der Waals surface area contributed by atoms with E-state index in [0.29, 0.717) is 10.9 Å². The first-order valence-electron chi connectivity index (χ1n) is 7.38. The molecule has 0 unspecified atom stereocenters. The normalized spacial score (nSPS) is 12.8. The van der Waals surface area contributed by atoms with Crippen LogP contribution in [0.3, 0.4) is 0 Å². The van der Waals surface area contributed by atoms with Crippen molar-refractivity contribution in [2.24, 2.45) is 0 Å². The minimum absolute atomic E-state index is 0.662. The molecule has 0 spiro atoms. The fourth-order valence-corrected chi connectivity index (χ4v) is 2.93. The highest BCUT2D eigenvalue weighted by Crippen LogP contribution is 2.39. The highest BCUT2D eigenvalue weighted by molar-refractivity contribution is 6.31. The Morgan fingerprint density at radius 2 is 1.87 bits per heavy atom. The number of hydrogen-bond donors (Lipinski definition) is 0. The molecule has 3 heteroatoms. The van der Waals surface area contributed by atoms with Gasteiger partial charge in [-0.3, -0.25) is 0 Å². The number of ether oxygens (including phenoxy) is 1. The second-order valence-corrected chi connectivity index (χ2v) is 5.87. The molecule has 0 amide bonds. The predicted octanol–water partition coefficient (Wildman–Crippen LogP) is 5.48. The van der Waals surface area contributed by atoms with Gasteiger partial charge in [-0.25, -0.2) is 0 Å². The molecule has 0 aliphatic carbocycles. The minimum Gasteiger partial charge on any atom is -0.432 e. The van der Waals surface area contributed by atoms with Crippen molar-refractivity contribution in [1.82, 2.24) is 0 Å². The zero-order valence-corrected chi connectivity index (χ0v) is 13.3. The lowest BCUT2D eigenvalue weighted by atomic mass is 10.0. The number of halogens is 1.